The van der Waals surface area contributed by atoms with E-state index in [-0.39, 0.29) is 6.04 Å². The van der Waals surface area contributed by atoms with E-state index in [1.807, 2.05) is 0 Å². The summed E-state index contributed by atoms with van der Waals surface area (Å²) in [6, 6.07) is 8.62. The average Bonchev–Trinajstić information content (AvgIpc) is 2.82. The number of hydrogen-bond donors (Lipinski definition) is 1. The van der Waals surface area contributed by atoms with E-state index in [1.54, 1.807) is 0 Å². The Bertz CT molecular complexity index is 441. The van der Waals surface area contributed by atoms with Crippen molar-refractivity contribution >= 4 is 5.69 Å². The molecule has 2 N–H and O–H groups in total. The minimum absolute atomic E-state index is 0.286. The molecule has 0 spiro atoms. The van der Waals surface area contributed by atoms with Crippen LogP contribution in [0, 0.1) is 6.92 Å². The summed E-state index contributed by atoms with van der Waals surface area (Å²) in [4.78, 5) is 2.62. The van der Waals surface area contributed by atoms with Crippen molar-refractivity contribution < 1.29 is 0 Å². The molecule has 112 valence electrons. The Balaban J connectivity index is 2.20. The minimum atomic E-state index is 0.286. The summed E-state index contributed by atoms with van der Waals surface area (Å²) in [6.07, 6.45) is 5.93. The fourth-order valence-electron chi connectivity index (χ4n) is 3.43. The summed E-state index contributed by atoms with van der Waals surface area (Å²) in [7, 11) is 0. The first kappa shape index (κ1) is 15.4. The smallest absolute Gasteiger partial charge is 0.0373 e. The van der Waals surface area contributed by atoms with Crippen molar-refractivity contribution in [1.82, 2.24) is 0 Å². The molecule has 3 unspecified atom stereocenters. The SMILES string of the molecule is CCC(N)Cc1ccc(N2C(C)CCC2CC)cc1C. The normalized spacial score (nSPS) is 24.1. The van der Waals surface area contributed by atoms with Gasteiger partial charge >= 0.3 is 0 Å². The van der Waals surface area contributed by atoms with Crippen LogP contribution in [-0.4, -0.2) is 18.1 Å². The molecule has 0 amide bonds. The Morgan fingerprint density at radius 2 is 2.05 bits per heavy atom. The van der Waals surface area contributed by atoms with E-state index in [0.29, 0.717) is 12.1 Å². The highest BCUT2D eigenvalue weighted by atomic mass is 15.2. The first-order chi connectivity index (χ1) is 9.56. The van der Waals surface area contributed by atoms with E-state index in [0.717, 1.165) is 12.8 Å². The van der Waals surface area contributed by atoms with E-state index >= 15 is 0 Å². The van der Waals surface area contributed by atoms with Crippen molar-refractivity contribution in [1.29, 1.82) is 0 Å². The standard InChI is InChI=1S/C18H30N2/c1-5-16(19)12-15-8-10-18(11-13(15)3)20-14(4)7-9-17(20)6-2/h8,10-11,14,16-17H,5-7,9,12,19H2,1-4H3. The molecule has 3 atom stereocenters. The van der Waals surface area contributed by atoms with Crippen molar-refractivity contribution in [2.75, 3.05) is 4.90 Å². The molecule has 2 rings (SSSR count). The van der Waals surface area contributed by atoms with Gasteiger partial charge in [-0.25, -0.2) is 0 Å². The summed E-state index contributed by atoms with van der Waals surface area (Å²) in [5.41, 5.74) is 10.3. The molecule has 1 aromatic rings. The minimum Gasteiger partial charge on any atom is -0.366 e. The van der Waals surface area contributed by atoms with Gasteiger partial charge in [0.2, 0.25) is 0 Å². The molecule has 2 nitrogen and oxygen atoms in total. The number of benzene rings is 1. The summed E-state index contributed by atoms with van der Waals surface area (Å²) < 4.78 is 0. The molecule has 0 aromatic heterocycles. The molecule has 1 aromatic carbocycles. The molecule has 1 heterocycles. The molecule has 0 aliphatic carbocycles. The lowest BCUT2D eigenvalue weighted by atomic mass is 9.99. The first-order valence-corrected chi connectivity index (χ1v) is 8.20. The molecular weight excluding hydrogens is 244 g/mol. The van der Waals surface area contributed by atoms with Crippen LogP contribution in [0.2, 0.25) is 0 Å². The monoisotopic (exact) mass is 274 g/mol. The van der Waals surface area contributed by atoms with Crippen molar-refractivity contribution in [3.8, 4) is 0 Å². The summed E-state index contributed by atoms with van der Waals surface area (Å²) in [5.74, 6) is 0. The fraction of sp³-hybridized carbons (Fsp3) is 0.667. The number of nitrogens with zero attached hydrogens (tertiary/aromatic N) is 1. The molecule has 1 aliphatic heterocycles. The van der Waals surface area contributed by atoms with Crippen molar-refractivity contribution in [3.63, 3.8) is 0 Å². The molecular formula is C18H30N2. The highest BCUT2D eigenvalue weighted by molar-refractivity contribution is 5.53. The van der Waals surface area contributed by atoms with Crippen LogP contribution in [0.4, 0.5) is 5.69 Å². The van der Waals surface area contributed by atoms with Crippen LogP contribution in [0.3, 0.4) is 0 Å². The lowest BCUT2D eigenvalue weighted by Gasteiger charge is -2.31. The molecule has 2 heteroatoms. The van der Waals surface area contributed by atoms with Gasteiger partial charge in [0.05, 0.1) is 0 Å². The van der Waals surface area contributed by atoms with Crippen LogP contribution in [0.5, 0.6) is 0 Å². The number of nitrogens with two attached hydrogens (primary N) is 1. The second-order valence-electron chi connectivity index (χ2n) is 6.38. The van der Waals surface area contributed by atoms with Crippen LogP contribution in [0.1, 0.15) is 57.6 Å². The number of anilines is 1. The van der Waals surface area contributed by atoms with Crippen LogP contribution in [0.25, 0.3) is 0 Å². The zero-order valence-electron chi connectivity index (χ0n) is 13.5. The van der Waals surface area contributed by atoms with Crippen molar-refractivity contribution in [2.45, 2.75) is 77.9 Å². The van der Waals surface area contributed by atoms with Gasteiger partial charge in [-0.05, 0) is 69.2 Å². The predicted molar refractivity (Wildman–Crippen MR) is 88.4 cm³/mol. The Morgan fingerprint density at radius 3 is 2.65 bits per heavy atom. The quantitative estimate of drug-likeness (QED) is 0.878. The molecule has 0 saturated carbocycles. The second-order valence-corrected chi connectivity index (χ2v) is 6.38. The van der Waals surface area contributed by atoms with Gasteiger partial charge in [0.25, 0.3) is 0 Å². The highest BCUT2D eigenvalue weighted by Crippen LogP contribution is 2.33. The van der Waals surface area contributed by atoms with Gasteiger partial charge in [0, 0.05) is 23.8 Å². The topological polar surface area (TPSA) is 29.3 Å². The first-order valence-electron chi connectivity index (χ1n) is 8.20. The third-order valence-electron chi connectivity index (χ3n) is 4.89. The van der Waals surface area contributed by atoms with Gasteiger partial charge in [0.1, 0.15) is 0 Å². The van der Waals surface area contributed by atoms with Gasteiger partial charge < -0.3 is 10.6 Å². The maximum absolute atomic E-state index is 6.09. The van der Waals surface area contributed by atoms with Crippen molar-refractivity contribution in [3.05, 3.63) is 29.3 Å². The van der Waals surface area contributed by atoms with Crippen LogP contribution >= 0.6 is 0 Å². The van der Waals surface area contributed by atoms with E-state index < -0.39 is 0 Å². The van der Waals surface area contributed by atoms with Crippen LogP contribution in [0.15, 0.2) is 18.2 Å². The molecule has 0 radical (unpaired) electrons. The van der Waals surface area contributed by atoms with E-state index in [4.69, 9.17) is 5.73 Å². The lowest BCUT2D eigenvalue weighted by Crippen LogP contribution is -2.34. The van der Waals surface area contributed by atoms with Gasteiger partial charge in [-0.15, -0.1) is 0 Å². The Morgan fingerprint density at radius 1 is 1.30 bits per heavy atom. The Hall–Kier alpha value is -1.02. The van der Waals surface area contributed by atoms with Gasteiger partial charge in [-0.2, -0.15) is 0 Å². The predicted octanol–water partition coefficient (Wildman–Crippen LogP) is 4.04. The van der Waals surface area contributed by atoms with E-state index in [1.165, 1.54) is 36.1 Å². The summed E-state index contributed by atoms with van der Waals surface area (Å²) >= 11 is 0. The number of rotatable bonds is 5. The van der Waals surface area contributed by atoms with E-state index in [2.05, 4.69) is 50.8 Å². The molecule has 20 heavy (non-hydrogen) atoms. The van der Waals surface area contributed by atoms with E-state index in [9.17, 15) is 0 Å². The van der Waals surface area contributed by atoms with Crippen molar-refractivity contribution in [2.24, 2.45) is 5.73 Å². The lowest BCUT2D eigenvalue weighted by molar-refractivity contribution is 0.626. The van der Waals surface area contributed by atoms with Gasteiger partial charge in [-0.3, -0.25) is 0 Å². The fourth-order valence-corrected chi connectivity index (χ4v) is 3.43. The molecule has 1 fully saturated rings. The molecule has 1 aliphatic rings. The second kappa shape index (κ2) is 6.62. The Kier molecular flexibility index (Phi) is 5.09. The largest absolute Gasteiger partial charge is 0.366 e. The highest BCUT2D eigenvalue weighted by Gasteiger charge is 2.29. The molecule has 0 bridgehead atoms. The molecule has 1 saturated heterocycles. The average molecular weight is 274 g/mol. The van der Waals surface area contributed by atoms with Gasteiger partial charge in [0.15, 0.2) is 0 Å². The zero-order chi connectivity index (χ0) is 14.7. The van der Waals surface area contributed by atoms with Crippen LogP contribution < -0.4 is 10.6 Å². The third kappa shape index (κ3) is 3.17. The Labute approximate surface area is 124 Å². The van der Waals surface area contributed by atoms with Crippen LogP contribution in [-0.2, 0) is 6.42 Å². The number of aryl methyl sites for hydroxylation is 1. The maximum Gasteiger partial charge on any atom is 0.0373 e. The maximum atomic E-state index is 6.09. The summed E-state index contributed by atoms with van der Waals surface area (Å²) in [6.45, 7) is 9.04. The van der Waals surface area contributed by atoms with Gasteiger partial charge in [-0.1, -0.05) is 19.9 Å². The summed E-state index contributed by atoms with van der Waals surface area (Å²) in [5, 5.41) is 0. The number of hydrogen-bond acceptors (Lipinski definition) is 2. The third-order valence-corrected chi connectivity index (χ3v) is 4.89. The zero-order valence-corrected chi connectivity index (χ0v) is 13.5.